The van der Waals surface area contributed by atoms with Crippen molar-refractivity contribution in [3.63, 3.8) is 0 Å². The van der Waals surface area contributed by atoms with Gasteiger partial charge in [-0.15, -0.1) is 0 Å². The van der Waals surface area contributed by atoms with Gasteiger partial charge in [-0.25, -0.2) is 0 Å². The van der Waals surface area contributed by atoms with Crippen LogP contribution in [0.15, 0.2) is 12.1 Å². The summed E-state index contributed by atoms with van der Waals surface area (Å²) in [5.41, 5.74) is 1.84. The van der Waals surface area contributed by atoms with Gasteiger partial charge >= 0.3 is 0 Å². The van der Waals surface area contributed by atoms with E-state index >= 15 is 0 Å². The van der Waals surface area contributed by atoms with Gasteiger partial charge in [-0.3, -0.25) is 0 Å². The van der Waals surface area contributed by atoms with Gasteiger partial charge < -0.3 is 4.74 Å². The normalized spacial score (nSPS) is 11.9. The van der Waals surface area contributed by atoms with E-state index in [2.05, 4.69) is 6.07 Å². The van der Waals surface area contributed by atoms with E-state index in [-0.39, 0.29) is 5.92 Å². The molecule has 0 aromatic heterocycles. The zero-order chi connectivity index (χ0) is 11.4. The van der Waals surface area contributed by atoms with Crippen molar-refractivity contribution in [2.75, 3.05) is 7.11 Å². The Morgan fingerprint density at radius 1 is 1.53 bits per heavy atom. The lowest BCUT2D eigenvalue weighted by Gasteiger charge is -2.13. The molecule has 3 heteroatoms. The SMILES string of the molecule is CCC(C#N)c1cc(Cl)c(C)cc1OC. The van der Waals surface area contributed by atoms with E-state index < -0.39 is 0 Å². The van der Waals surface area contributed by atoms with Crippen molar-refractivity contribution in [2.24, 2.45) is 0 Å². The van der Waals surface area contributed by atoms with Gasteiger partial charge in [-0.1, -0.05) is 18.5 Å². The average molecular weight is 224 g/mol. The number of hydrogen-bond donors (Lipinski definition) is 0. The molecule has 1 aromatic rings. The van der Waals surface area contributed by atoms with Crippen LogP contribution < -0.4 is 4.74 Å². The summed E-state index contributed by atoms with van der Waals surface area (Å²) in [4.78, 5) is 0. The van der Waals surface area contributed by atoms with Gasteiger partial charge in [-0.2, -0.15) is 5.26 Å². The van der Waals surface area contributed by atoms with Crippen LogP contribution in [0.3, 0.4) is 0 Å². The number of hydrogen-bond acceptors (Lipinski definition) is 2. The van der Waals surface area contributed by atoms with E-state index in [0.29, 0.717) is 5.02 Å². The first-order valence-electron chi connectivity index (χ1n) is 4.87. The fourth-order valence-corrected chi connectivity index (χ4v) is 1.67. The lowest BCUT2D eigenvalue weighted by atomic mass is 9.96. The molecule has 0 aliphatic heterocycles. The van der Waals surface area contributed by atoms with Gasteiger partial charge in [0.2, 0.25) is 0 Å². The van der Waals surface area contributed by atoms with Crippen molar-refractivity contribution in [1.82, 2.24) is 0 Å². The summed E-state index contributed by atoms with van der Waals surface area (Å²) in [6, 6.07) is 5.95. The minimum Gasteiger partial charge on any atom is -0.496 e. The molecular formula is C12H14ClNO. The van der Waals surface area contributed by atoms with Crippen LogP contribution in [0.2, 0.25) is 5.02 Å². The third kappa shape index (κ3) is 2.43. The Bertz CT molecular complexity index is 395. The molecule has 1 atom stereocenters. The van der Waals surface area contributed by atoms with Crippen molar-refractivity contribution in [2.45, 2.75) is 26.2 Å². The highest BCUT2D eigenvalue weighted by Crippen LogP contribution is 2.33. The van der Waals surface area contributed by atoms with Crippen molar-refractivity contribution in [3.05, 3.63) is 28.3 Å². The molecule has 15 heavy (non-hydrogen) atoms. The lowest BCUT2D eigenvalue weighted by Crippen LogP contribution is -1.99. The summed E-state index contributed by atoms with van der Waals surface area (Å²) in [6.45, 7) is 3.89. The second kappa shape index (κ2) is 5.04. The highest BCUT2D eigenvalue weighted by Gasteiger charge is 2.15. The molecule has 0 aliphatic rings. The molecule has 0 aliphatic carbocycles. The Morgan fingerprint density at radius 2 is 2.20 bits per heavy atom. The van der Waals surface area contributed by atoms with Gasteiger partial charge in [0.25, 0.3) is 0 Å². The summed E-state index contributed by atoms with van der Waals surface area (Å²) in [7, 11) is 1.61. The highest BCUT2D eigenvalue weighted by atomic mass is 35.5. The van der Waals surface area contributed by atoms with Crippen molar-refractivity contribution in [3.8, 4) is 11.8 Å². The average Bonchev–Trinajstić information content (AvgIpc) is 2.24. The van der Waals surface area contributed by atoms with E-state index in [1.54, 1.807) is 7.11 Å². The summed E-state index contributed by atoms with van der Waals surface area (Å²) < 4.78 is 5.26. The lowest BCUT2D eigenvalue weighted by molar-refractivity contribution is 0.407. The first-order chi connectivity index (χ1) is 7.13. The minimum absolute atomic E-state index is 0.155. The predicted octanol–water partition coefficient (Wildman–Crippen LogP) is 3.67. The molecule has 0 spiro atoms. The Morgan fingerprint density at radius 3 is 2.67 bits per heavy atom. The second-order valence-electron chi connectivity index (χ2n) is 3.43. The van der Waals surface area contributed by atoms with Gasteiger partial charge in [0.1, 0.15) is 5.75 Å². The maximum Gasteiger partial charge on any atom is 0.123 e. The molecule has 1 rings (SSSR count). The Kier molecular flexibility index (Phi) is 3.99. The summed E-state index contributed by atoms with van der Waals surface area (Å²) >= 11 is 6.04. The fraction of sp³-hybridized carbons (Fsp3) is 0.417. The van der Waals surface area contributed by atoms with Crippen LogP contribution >= 0.6 is 11.6 Å². The van der Waals surface area contributed by atoms with E-state index in [4.69, 9.17) is 21.6 Å². The second-order valence-corrected chi connectivity index (χ2v) is 3.84. The molecule has 1 aromatic carbocycles. The molecule has 0 amide bonds. The molecule has 0 fully saturated rings. The molecular weight excluding hydrogens is 210 g/mol. The minimum atomic E-state index is -0.155. The van der Waals surface area contributed by atoms with E-state index in [0.717, 1.165) is 23.3 Å². The van der Waals surface area contributed by atoms with Gasteiger partial charge in [0.05, 0.1) is 19.1 Å². The molecule has 0 saturated carbocycles. The molecule has 0 radical (unpaired) electrons. The topological polar surface area (TPSA) is 33.0 Å². The summed E-state index contributed by atoms with van der Waals surface area (Å²) in [5, 5.41) is 9.69. The molecule has 2 nitrogen and oxygen atoms in total. The molecule has 0 bridgehead atoms. The molecule has 1 unspecified atom stereocenters. The number of halogens is 1. The molecule has 0 N–H and O–H groups in total. The first-order valence-corrected chi connectivity index (χ1v) is 5.25. The maximum absolute atomic E-state index is 9.01. The van der Waals surface area contributed by atoms with Gasteiger partial charge in [0.15, 0.2) is 0 Å². The van der Waals surface area contributed by atoms with Crippen molar-refractivity contribution in [1.29, 1.82) is 5.26 Å². The van der Waals surface area contributed by atoms with Crippen LogP contribution in [0.4, 0.5) is 0 Å². The van der Waals surface area contributed by atoms with E-state index in [1.807, 2.05) is 26.0 Å². The van der Waals surface area contributed by atoms with Crippen LogP contribution in [0.25, 0.3) is 0 Å². The van der Waals surface area contributed by atoms with Crippen LogP contribution in [0.5, 0.6) is 5.75 Å². The van der Waals surface area contributed by atoms with Crippen LogP contribution in [0, 0.1) is 18.3 Å². The van der Waals surface area contributed by atoms with Crippen LogP contribution in [0.1, 0.15) is 30.4 Å². The van der Waals surface area contributed by atoms with Crippen LogP contribution in [-0.4, -0.2) is 7.11 Å². The predicted molar refractivity (Wildman–Crippen MR) is 61.4 cm³/mol. The third-order valence-corrected chi connectivity index (χ3v) is 2.86. The van der Waals surface area contributed by atoms with E-state index in [1.165, 1.54) is 0 Å². The fourth-order valence-electron chi connectivity index (χ4n) is 1.50. The molecule has 0 saturated heterocycles. The van der Waals surface area contributed by atoms with Crippen molar-refractivity contribution < 1.29 is 4.74 Å². The first kappa shape index (κ1) is 11.9. The van der Waals surface area contributed by atoms with Gasteiger partial charge in [-0.05, 0) is 31.0 Å². The number of nitrogens with zero attached hydrogens (tertiary/aromatic N) is 1. The summed E-state index contributed by atoms with van der Waals surface area (Å²) in [5.74, 6) is 0.586. The van der Waals surface area contributed by atoms with Crippen molar-refractivity contribution >= 4 is 11.6 Å². The number of ether oxygens (including phenoxy) is 1. The van der Waals surface area contributed by atoms with Gasteiger partial charge in [0, 0.05) is 10.6 Å². The number of methoxy groups -OCH3 is 1. The largest absolute Gasteiger partial charge is 0.496 e. The molecule has 0 heterocycles. The number of aryl methyl sites for hydroxylation is 1. The monoisotopic (exact) mass is 223 g/mol. The Labute approximate surface area is 95.4 Å². The number of benzene rings is 1. The van der Waals surface area contributed by atoms with E-state index in [9.17, 15) is 0 Å². The highest BCUT2D eigenvalue weighted by molar-refractivity contribution is 6.31. The number of rotatable bonds is 3. The Hall–Kier alpha value is -1.20. The third-order valence-electron chi connectivity index (χ3n) is 2.45. The zero-order valence-corrected chi connectivity index (χ0v) is 9.93. The molecule has 80 valence electrons. The zero-order valence-electron chi connectivity index (χ0n) is 9.17. The Balaban J connectivity index is 3.27. The maximum atomic E-state index is 9.01. The summed E-state index contributed by atoms with van der Waals surface area (Å²) in [6.07, 6.45) is 0.756. The quantitative estimate of drug-likeness (QED) is 0.783. The number of nitriles is 1. The van der Waals surface area contributed by atoms with Crippen LogP contribution in [-0.2, 0) is 0 Å². The smallest absolute Gasteiger partial charge is 0.123 e. The standard InChI is InChI=1S/C12H14ClNO/c1-4-9(7-14)10-6-11(13)8(2)5-12(10)15-3/h5-6,9H,4H2,1-3H3.